The van der Waals surface area contributed by atoms with Gasteiger partial charge in [-0.3, -0.25) is 9.48 Å². The summed E-state index contributed by atoms with van der Waals surface area (Å²) in [7, 11) is 1.65. The third kappa shape index (κ3) is 5.80. The molecule has 0 spiro atoms. The standard InChI is InChI=1S/C21H25N7O2S/c1-15(29)31-20-7-9-22-12-17(20)11-18-8-10-27(24-18)14-21-23-26-28(25-21)13-16-3-5-19(30-2)6-4-16/h3-6,8,10-11,20,22H,7,9,12-14H2,1-2H3. The number of thioether (sulfide) groups is 1. The van der Waals surface area contributed by atoms with Crippen molar-refractivity contribution in [2.75, 3.05) is 20.2 Å². The van der Waals surface area contributed by atoms with E-state index in [1.807, 2.05) is 36.5 Å². The Hall–Kier alpha value is -2.98. The van der Waals surface area contributed by atoms with Crippen molar-refractivity contribution >= 4 is 23.0 Å². The minimum Gasteiger partial charge on any atom is -0.497 e. The van der Waals surface area contributed by atoms with Gasteiger partial charge < -0.3 is 10.1 Å². The van der Waals surface area contributed by atoms with Crippen LogP contribution < -0.4 is 10.1 Å². The van der Waals surface area contributed by atoms with Crippen molar-refractivity contribution in [2.45, 2.75) is 31.7 Å². The Morgan fingerprint density at radius 3 is 2.87 bits per heavy atom. The number of nitrogens with zero attached hydrogens (tertiary/aromatic N) is 6. The van der Waals surface area contributed by atoms with Crippen molar-refractivity contribution in [3.8, 4) is 5.75 Å². The monoisotopic (exact) mass is 439 g/mol. The van der Waals surface area contributed by atoms with E-state index in [1.165, 1.54) is 17.3 Å². The van der Waals surface area contributed by atoms with Crippen LogP contribution in [0.5, 0.6) is 5.75 Å². The second-order valence-electron chi connectivity index (χ2n) is 7.31. The van der Waals surface area contributed by atoms with Crippen molar-refractivity contribution in [3.05, 3.63) is 59.2 Å². The van der Waals surface area contributed by atoms with Gasteiger partial charge in [0.05, 0.1) is 19.3 Å². The van der Waals surface area contributed by atoms with Crippen LogP contribution in [-0.2, 0) is 17.9 Å². The smallest absolute Gasteiger partial charge is 0.196 e. The van der Waals surface area contributed by atoms with Gasteiger partial charge in [0.25, 0.3) is 0 Å². The number of rotatable bonds is 7. The minimum atomic E-state index is 0.145. The average molecular weight is 440 g/mol. The SMILES string of the molecule is COc1ccc(Cn2nnc(Cn3ccc(C=C4CNCCC4SC(C)=O)n3)n2)cc1. The molecule has 10 heteroatoms. The number of aromatic nitrogens is 6. The normalized spacial score (nSPS) is 17.7. The maximum Gasteiger partial charge on any atom is 0.196 e. The number of methoxy groups -OCH3 is 1. The van der Waals surface area contributed by atoms with Gasteiger partial charge in [0, 0.05) is 24.9 Å². The zero-order chi connectivity index (χ0) is 21.6. The third-order valence-electron chi connectivity index (χ3n) is 4.91. The Morgan fingerprint density at radius 1 is 1.26 bits per heavy atom. The van der Waals surface area contributed by atoms with E-state index in [9.17, 15) is 4.79 Å². The largest absolute Gasteiger partial charge is 0.497 e. The molecule has 0 bridgehead atoms. The lowest BCUT2D eigenvalue weighted by Gasteiger charge is -2.24. The molecule has 162 valence electrons. The molecular weight excluding hydrogens is 414 g/mol. The molecule has 1 aliphatic heterocycles. The molecule has 1 N–H and O–H groups in total. The lowest BCUT2D eigenvalue weighted by atomic mass is 10.0. The summed E-state index contributed by atoms with van der Waals surface area (Å²) >= 11 is 1.40. The van der Waals surface area contributed by atoms with Crippen LogP contribution in [0.3, 0.4) is 0 Å². The van der Waals surface area contributed by atoms with Crippen LogP contribution >= 0.6 is 11.8 Å². The van der Waals surface area contributed by atoms with Crippen LogP contribution in [0.4, 0.5) is 0 Å². The highest BCUT2D eigenvalue weighted by Gasteiger charge is 2.21. The van der Waals surface area contributed by atoms with E-state index < -0.39 is 0 Å². The van der Waals surface area contributed by atoms with E-state index in [0.29, 0.717) is 18.9 Å². The van der Waals surface area contributed by atoms with Gasteiger partial charge in [-0.2, -0.15) is 9.90 Å². The molecule has 4 rings (SSSR count). The van der Waals surface area contributed by atoms with Crippen molar-refractivity contribution in [2.24, 2.45) is 0 Å². The second kappa shape index (κ2) is 9.88. The number of tetrazole rings is 1. The fourth-order valence-electron chi connectivity index (χ4n) is 3.42. The van der Waals surface area contributed by atoms with Crippen LogP contribution in [0, 0.1) is 0 Å². The molecule has 0 saturated carbocycles. The number of piperidine rings is 1. The molecule has 1 unspecified atom stereocenters. The Labute approximate surface area is 184 Å². The number of carbonyl (C=O) groups is 1. The van der Waals surface area contributed by atoms with E-state index in [2.05, 4.69) is 31.9 Å². The highest BCUT2D eigenvalue weighted by molar-refractivity contribution is 8.14. The number of benzene rings is 1. The number of hydrogen-bond donors (Lipinski definition) is 1. The topological polar surface area (TPSA) is 99.8 Å². The molecule has 3 aromatic rings. The first kappa shape index (κ1) is 21.3. The van der Waals surface area contributed by atoms with Gasteiger partial charge in [0.2, 0.25) is 0 Å². The summed E-state index contributed by atoms with van der Waals surface area (Å²) in [5, 5.41) is 21.1. The molecule has 1 aliphatic rings. The van der Waals surface area contributed by atoms with Crippen molar-refractivity contribution < 1.29 is 9.53 Å². The summed E-state index contributed by atoms with van der Waals surface area (Å²) < 4.78 is 6.97. The molecule has 1 saturated heterocycles. The Kier molecular flexibility index (Phi) is 6.78. The second-order valence-corrected chi connectivity index (χ2v) is 8.68. The summed E-state index contributed by atoms with van der Waals surface area (Å²) in [5.41, 5.74) is 3.12. The van der Waals surface area contributed by atoms with Gasteiger partial charge >= 0.3 is 0 Å². The molecule has 9 nitrogen and oxygen atoms in total. The van der Waals surface area contributed by atoms with Gasteiger partial charge in [-0.05, 0) is 53.6 Å². The molecule has 3 heterocycles. The first-order valence-corrected chi connectivity index (χ1v) is 11.0. The van der Waals surface area contributed by atoms with Gasteiger partial charge in [0.15, 0.2) is 10.9 Å². The van der Waals surface area contributed by atoms with Crippen molar-refractivity contribution in [3.63, 3.8) is 0 Å². The Bertz CT molecular complexity index is 1060. The molecular formula is C21H25N7O2S. The van der Waals surface area contributed by atoms with Crippen LogP contribution in [0.25, 0.3) is 6.08 Å². The zero-order valence-electron chi connectivity index (χ0n) is 17.6. The van der Waals surface area contributed by atoms with Crippen LogP contribution in [0.1, 0.15) is 30.4 Å². The zero-order valence-corrected chi connectivity index (χ0v) is 18.4. The fraction of sp³-hybridized carbons (Fsp3) is 0.381. The molecule has 31 heavy (non-hydrogen) atoms. The van der Waals surface area contributed by atoms with Gasteiger partial charge in [-0.1, -0.05) is 23.9 Å². The highest BCUT2D eigenvalue weighted by Crippen LogP contribution is 2.26. The van der Waals surface area contributed by atoms with Crippen LogP contribution in [0.15, 0.2) is 42.1 Å². The summed E-state index contributed by atoms with van der Waals surface area (Å²) in [5.74, 6) is 1.41. The predicted octanol–water partition coefficient (Wildman–Crippen LogP) is 2.00. The maximum atomic E-state index is 11.5. The van der Waals surface area contributed by atoms with Gasteiger partial charge in [-0.25, -0.2) is 0 Å². The summed E-state index contributed by atoms with van der Waals surface area (Å²) in [6.07, 6.45) is 4.91. The number of hydrogen-bond acceptors (Lipinski definition) is 8. The van der Waals surface area contributed by atoms with E-state index in [4.69, 9.17) is 4.74 Å². The van der Waals surface area contributed by atoms with Gasteiger partial charge in [-0.15, -0.1) is 10.2 Å². The lowest BCUT2D eigenvalue weighted by Crippen LogP contribution is -2.32. The summed E-state index contributed by atoms with van der Waals surface area (Å²) in [6, 6.07) is 9.74. The third-order valence-corrected chi connectivity index (χ3v) is 6.06. The molecule has 0 radical (unpaired) electrons. The fourth-order valence-corrected chi connectivity index (χ4v) is 4.36. The maximum absolute atomic E-state index is 11.5. The van der Waals surface area contributed by atoms with E-state index in [-0.39, 0.29) is 10.4 Å². The molecule has 0 aliphatic carbocycles. The minimum absolute atomic E-state index is 0.145. The van der Waals surface area contributed by atoms with Crippen molar-refractivity contribution in [1.82, 2.24) is 35.3 Å². The van der Waals surface area contributed by atoms with E-state index >= 15 is 0 Å². The quantitative estimate of drug-likeness (QED) is 0.597. The molecule has 1 atom stereocenters. The lowest BCUT2D eigenvalue weighted by molar-refractivity contribution is -0.109. The van der Waals surface area contributed by atoms with Crippen LogP contribution in [-0.4, -0.2) is 60.6 Å². The van der Waals surface area contributed by atoms with Crippen LogP contribution in [0.2, 0.25) is 0 Å². The van der Waals surface area contributed by atoms with E-state index in [0.717, 1.165) is 36.5 Å². The first-order valence-electron chi connectivity index (χ1n) is 10.1. The molecule has 2 aromatic heterocycles. The number of nitrogens with one attached hydrogen (secondary N) is 1. The summed E-state index contributed by atoms with van der Waals surface area (Å²) in [6.45, 7) is 4.30. The number of carbonyl (C=O) groups excluding carboxylic acids is 1. The predicted molar refractivity (Wildman–Crippen MR) is 119 cm³/mol. The first-order chi connectivity index (χ1) is 15.1. The molecule has 1 fully saturated rings. The molecule has 1 aromatic carbocycles. The average Bonchev–Trinajstić information content (AvgIpc) is 3.39. The Balaban J connectivity index is 1.39. The number of ether oxygens (including phenoxy) is 1. The molecule has 0 amide bonds. The summed E-state index contributed by atoms with van der Waals surface area (Å²) in [4.78, 5) is 13.1. The highest BCUT2D eigenvalue weighted by atomic mass is 32.2. The van der Waals surface area contributed by atoms with Gasteiger partial charge in [0.1, 0.15) is 12.3 Å². The Morgan fingerprint density at radius 2 is 2.10 bits per heavy atom. The van der Waals surface area contributed by atoms with Crippen molar-refractivity contribution in [1.29, 1.82) is 0 Å². The van der Waals surface area contributed by atoms with E-state index in [1.54, 1.807) is 23.5 Å².